The van der Waals surface area contributed by atoms with Gasteiger partial charge in [0.25, 0.3) is 5.91 Å². The van der Waals surface area contributed by atoms with Crippen LogP contribution in [0, 0.1) is 6.92 Å². The van der Waals surface area contributed by atoms with E-state index >= 15 is 0 Å². The van der Waals surface area contributed by atoms with Gasteiger partial charge in [0, 0.05) is 45.3 Å². The Morgan fingerprint density at radius 3 is 2.55 bits per heavy atom. The van der Waals surface area contributed by atoms with Crippen molar-refractivity contribution in [3.8, 4) is 5.75 Å². The van der Waals surface area contributed by atoms with Gasteiger partial charge in [0.1, 0.15) is 5.75 Å². The van der Waals surface area contributed by atoms with Gasteiger partial charge in [-0.2, -0.15) is 0 Å². The van der Waals surface area contributed by atoms with Gasteiger partial charge in [0.2, 0.25) is 0 Å². The molecule has 2 fully saturated rings. The maximum atomic E-state index is 12.5. The van der Waals surface area contributed by atoms with Gasteiger partial charge in [-0.1, -0.05) is 11.6 Å². The number of benzene rings is 1. The van der Waals surface area contributed by atoms with E-state index in [1.165, 1.54) is 0 Å². The first kappa shape index (κ1) is 13.4. The normalized spacial score (nSPS) is 20.8. The lowest BCUT2D eigenvalue weighted by Crippen LogP contribution is -2.62. The van der Waals surface area contributed by atoms with Crippen molar-refractivity contribution in [2.24, 2.45) is 0 Å². The standard InChI is InChI=1S/C15H21N3O2/c1-11-2-3-14(19)13(8-11)15(20)18-6-4-17(5-7-18)12-9-16-10-12/h2-3,8,12,16,19H,4-7,9-10H2,1H3. The molecule has 0 unspecified atom stereocenters. The third-order valence-corrected chi connectivity index (χ3v) is 4.26. The van der Waals surface area contributed by atoms with E-state index in [-0.39, 0.29) is 11.7 Å². The summed E-state index contributed by atoms with van der Waals surface area (Å²) in [4.78, 5) is 16.8. The molecule has 2 aliphatic rings. The molecule has 5 heteroatoms. The Morgan fingerprint density at radius 1 is 1.25 bits per heavy atom. The Hall–Kier alpha value is -1.59. The van der Waals surface area contributed by atoms with Crippen LogP contribution in [-0.2, 0) is 0 Å². The second-order valence-electron chi connectivity index (χ2n) is 5.66. The summed E-state index contributed by atoms with van der Waals surface area (Å²) in [6, 6.07) is 5.81. The summed E-state index contributed by atoms with van der Waals surface area (Å²) in [5, 5.41) is 13.1. The molecule has 1 aromatic carbocycles. The van der Waals surface area contributed by atoms with Gasteiger partial charge >= 0.3 is 0 Å². The van der Waals surface area contributed by atoms with Gasteiger partial charge in [-0.25, -0.2) is 0 Å². The van der Waals surface area contributed by atoms with Crippen molar-refractivity contribution in [2.75, 3.05) is 39.3 Å². The van der Waals surface area contributed by atoms with Gasteiger partial charge in [-0.05, 0) is 19.1 Å². The molecule has 0 radical (unpaired) electrons. The second kappa shape index (κ2) is 5.42. The molecule has 108 valence electrons. The van der Waals surface area contributed by atoms with Crippen molar-refractivity contribution >= 4 is 5.91 Å². The Bertz CT molecular complexity index is 506. The Kier molecular flexibility index (Phi) is 3.63. The lowest BCUT2D eigenvalue weighted by molar-refractivity contribution is 0.0499. The second-order valence-corrected chi connectivity index (χ2v) is 5.66. The molecule has 2 aliphatic heterocycles. The summed E-state index contributed by atoms with van der Waals surface area (Å²) in [6.45, 7) is 7.37. The molecule has 0 aromatic heterocycles. The van der Waals surface area contributed by atoms with Crippen LogP contribution in [0.15, 0.2) is 18.2 Å². The molecule has 0 spiro atoms. The molecule has 3 rings (SSSR count). The smallest absolute Gasteiger partial charge is 0.257 e. The SMILES string of the molecule is Cc1ccc(O)c(C(=O)N2CCN(C3CNC3)CC2)c1. The molecule has 1 aromatic rings. The summed E-state index contributed by atoms with van der Waals surface area (Å²) >= 11 is 0. The van der Waals surface area contributed by atoms with Gasteiger partial charge in [-0.15, -0.1) is 0 Å². The van der Waals surface area contributed by atoms with Crippen LogP contribution in [0.25, 0.3) is 0 Å². The van der Waals surface area contributed by atoms with Gasteiger partial charge in [-0.3, -0.25) is 9.69 Å². The van der Waals surface area contributed by atoms with Crippen LogP contribution < -0.4 is 5.32 Å². The summed E-state index contributed by atoms with van der Waals surface area (Å²) < 4.78 is 0. The molecule has 2 N–H and O–H groups in total. The van der Waals surface area contributed by atoms with Gasteiger partial charge in [0.05, 0.1) is 5.56 Å². The summed E-state index contributed by atoms with van der Waals surface area (Å²) in [5.41, 5.74) is 1.41. The molecular formula is C15H21N3O2. The zero-order chi connectivity index (χ0) is 14.1. The minimum Gasteiger partial charge on any atom is -0.507 e. The average molecular weight is 275 g/mol. The molecule has 2 heterocycles. The third-order valence-electron chi connectivity index (χ3n) is 4.26. The van der Waals surface area contributed by atoms with Crippen LogP contribution in [0.3, 0.4) is 0 Å². The van der Waals surface area contributed by atoms with Crippen molar-refractivity contribution in [2.45, 2.75) is 13.0 Å². The number of piperazine rings is 1. The lowest BCUT2D eigenvalue weighted by atomic mass is 10.1. The predicted octanol–water partition coefficient (Wildman–Crippen LogP) is 0.430. The highest BCUT2D eigenvalue weighted by atomic mass is 16.3. The van der Waals surface area contributed by atoms with E-state index in [0.29, 0.717) is 11.6 Å². The first-order chi connectivity index (χ1) is 9.65. The zero-order valence-electron chi connectivity index (χ0n) is 11.8. The topological polar surface area (TPSA) is 55.8 Å². The number of aromatic hydroxyl groups is 1. The highest BCUT2D eigenvalue weighted by Crippen LogP contribution is 2.21. The van der Waals surface area contributed by atoms with E-state index in [1.54, 1.807) is 12.1 Å². The fraction of sp³-hybridized carbons (Fsp3) is 0.533. The Balaban J connectivity index is 1.65. The minimum atomic E-state index is -0.0578. The van der Waals surface area contributed by atoms with Crippen molar-refractivity contribution in [3.05, 3.63) is 29.3 Å². The van der Waals surface area contributed by atoms with Crippen LogP contribution in [0.4, 0.5) is 0 Å². The van der Waals surface area contributed by atoms with Crippen LogP contribution in [0.2, 0.25) is 0 Å². The molecule has 0 atom stereocenters. The molecule has 0 saturated carbocycles. The van der Waals surface area contributed by atoms with Crippen molar-refractivity contribution in [1.29, 1.82) is 0 Å². The van der Waals surface area contributed by atoms with E-state index in [0.717, 1.165) is 44.8 Å². The maximum absolute atomic E-state index is 12.5. The minimum absolute atomic E-state index is 0.0578. The maximum Gasteiger partial charge on any atom is 0.257 e. The fourth-order valence-corrected chi connectivity index (χ4v) is 2.81. The zero-order valence-corrected chi connectivity index (χ0v) is 11.8. The number of carbonyl (C=O) groups is 1. The number of phenolic OH excluding ortho intramolecular Hbond substituents is 1. The quantitative estimate of drug-likeness (QED) is 0.822. The number of aryl methyl sites for hydroxylation is 1. The molecule has 5 nitrogen and oxygen atoms in total. The van der Waals surface area contributed by atoms with Crippen molar-refractivity contribution in [1.82, 2.24) is 15.1 Å². The van der Waals surface area contributed by atoms with Crippen LogP contribution in [-0.4, -0.2) is 66.1 Å². The number of amides is 1. The molecule has 0 bridgehead atoms. The van der Waals surface area contributed by atoms with Crippen LogP contribution in [0.5, 0.6) is 5.75 Å². The summed E-state index contributed by atoms with van der Waals surface area (Å²) in [6.07, 6.45) is 0. The summed E-state index contributed by atoms with van der Waals surface area (Å²) in [7, 11) is 0. The average Bonchev–Trinajstić information content (AvgIpc) is 2.40. The highest BCUT2D eigenvalue weighted by molar-refractivity contribution is 5.97. The largest absolute Gasteiger partial charge is 0.507 e. The molecule has 20 heavy (non-hydrogen) atoms. The molecule has 1 amide bonds. The van der Waals surface area contributed by atoms with E-state index in [4.69, 9.17) is 0 Å². The number of phenols is 1. The number of hydrogen-bond donors (Lipinski definition) is 2. The predicted molar refractivity (Wildman–Crippen MR) is 77.0 cm³/mol. The fourth-order valence-electron chi connectivity index (χ4n) is 2.81. The Morgan fingerprint density at radius 2 is 1.95 bits per heavy atom. The monoisotopic (exact) mass is 275 g/mol. The summed E-state index contributed by atoms with van der Waals surface area (Å²) in [5.74, 6) is 0.0174. The van der Waals surface area contributed by atoms with Gasteiger partial charge < -0.3 is 15.3 Å². The highest BCUT2D eigenvalue weighted by Gasteiger charge is 2.30. The first-order valence-electron chi connectivity index (χ1n) is 7.19. The number of hydrogen-bond acceptors (Lipinski definition) is 4. The van der Waals surface area contributed by atoms with E-state index < -0.39 is 0 Å². The van der Waals surface area contributed by atoms with Crippen molar-refractivity contribution in [3.63, 3.8) is 0 Å². The van der Waals surface area contributed by atoms with Crippen LogP contribution in [0.1, 0.15) is 15.9 Å². The number of nitrogens with zero attached hydrogens (tertiary/aromatic N) is 2. The van der Waals surface area contributed by atoms with E-state index in [2.05, 4.69) is 10.2 Å². The van der Waals surface area contributed by atoms with Crippen LogP contribution >= 0.6 is 0 Å². The molecule has 2 saturated heterocycles. The lowest BCUT2D eigenvalue weighted by Gasteiger charge is -2.43. The molecule has 0 aliphatic carbocycles. The third kappa shape index (κ3) is 2.51. The molecular weight excluding hydrogens is 254 g/mol. The van der Waals surface area contributed by atoms with E-state index in [9.17, 15) is 9.90 Å². The Labute approximate surface area is 119 Å². The number of nitrogens with one attached hydrogen (secondary N) is 1. The van der Waals surface area contributed by atoms with Crippen molar-refractivity contribution < 1.29 is 9.90 Å². The van der Waals surface area contributed by atoms with Gasteiger partial charge in [0.15, 0.2) is 0 Å². The van der Waals surface area contributed by atoms with E-state index in [1.807, 2.05) is 17.9 Å². The first-order valence-corrected chi connectivity index (χ1v) is 7.19. The number of rotatable bonds is 2. The number of carbonyl (C=O) groups excluding carboxylic acids is 1.